The van der Waals surface area contributed by atoms with Crippen LogP contribution in [0.1, 0.15) is 40.5 Å². The third-order valence-corrected chi connectivity index (χ3v) is 3.33. The topological polar surface area (TPSA) is 58.6 Å². The highest BCUT2D eigenvalue weighted by molar-refractivity contribution is 5.73. The Balaban J connectivity index is 2.28. The van der Waals surface area contributed by atoms with E-state index in [0.717, 1.165) is 13.0 Å². The SMILES string of the molecule is CC1CC(NCCC(C)(C)C(=O)O)C(C)O1. The van der Waals surface area contributed by atoms with Crippen LogP contribution in [-0.2, 0) is 9.53 Å². The first-order valence-corrected chi connectivity index (χ1v) is 5.95. The van der Waals surface area contributed by atoms with Crippen LogP contribution in [0.3, 0.4) is 0 Å². The number of carbonyl (C=O) groups is 1. The lowest BCUT2D eigenvalue weighted by Crippen LogP contribution is -2.38. The number of carboxylic acids is 1. The fourth-order valence-corrected chi connectivity index (χ4v) is 1.99. The summed E-state index contributed by atoms with van der Waals surface area (Å²) in [7, 11) is 0. The highest BCUT2D eigenvalue weighted by Gasteiger charge is 2.31. The summed E-state index contributed by atoms with van der Waals surface area (Å²) >= 11 is 0. The maximum Gasteiger partial charge on any atom is 0.309 e. The van der Waals surface area contributed by atoms with Crippen molar-refractivity contribution >= 4 is 5.97 Å². The van der Waals surface area contributed by atoms with Crippen molar-refractivity contribution in [3.05, 3.63) is 0 Å². The lowest BCUT2D eigenvalue weighted by atomic mass is 9.89. The quantitative estimate of drug-likeness (QED) is 0.752. The number of carboxylic acid groups (broad SMARTS) is 1. The fourth-order valence-electron chi connectivity index (χ4n) is 1.99. The summed E-state index contributed by atoms with van der Waals surface area (Å²) < 4.78 is 5.63. The summed E-state index contributed by atoms with van der Waals surface area (Å²) in [5.41, 5.74) is -0.651. The molecule has 94 valence electrons. The highest BCUT2D eigenvalue weighted by atomic mass is 16.5. The molecule has 0 aromatic carbocycles. The van der Waals surface area contributed by atoms with Crippen molar-refractivity contribution in [3.63, 3.8) is 0 Å². The Morgan fingerprint density at radius 1 is 1.50 bits per heavy atom. The van der Waals surface area contributed by atoms with Gasteiger partial charge in [0.1, 0.15) is 0 Å². The smallest absolute Gasteiger partial charge is 0.309 e. The van der Waals surface area contributed by atoms with Crippen molar-refractivity contribution in [2.75, 3.05) is 6.54 Å². The summed E-state index contributed by atoms with van der Waals surface area (Å²) in [5.74, 6) is -0.738. The molecule has 3 unspecified atom stereocenters. The summed E-state index contributed by atoms with van der Waals surface area (Å²) in [5, 5.41) is 12.4. The van der Waals surface area contributed by atoms with E-state index in [-0.39, 0.29) is 6.10 Å². The Bertz CT molecular complexity index is 253. The minimum absolute atomic E-state index is 0.225. The monoisotopic (exact) mass is 229 g/mol. The van der Waals surface area contributed by atoms with Gasteiger partial charge in [0.05, 0.1) is 17.6 Å². The molecule has 1 rings (SSSR count). The van der Waals surface area contributed by atoms with Crippen LogP contribution < -0.4 is 5.32 Å². The molecule has 1 heterocycles. The molecule has 4 heteroatoms. The van der Waals surface area contributed by atoms with Gasteiger partial charge in [0, 0.05) is 6.04 Å². The van der Waals surface area contributed by atoms with E-state index in [2.05, 4.69) is 19.2 Å². The lowest BCUT2D eigenvalue weighted by molar-refractivity contribution is -0.147. The molecule has 16 heavy (non-hydrogen) atoms. The molecular formula is C12H23NO3. The number of hydrogen-bond acceptors (Lipinski definition) is 3. The van der Waals surface area contributed by atoms with Crippen LogP contribution in [-0.4, -0.2) is 35.9 Å². The number of hydrogen-bond donors (Lipinski definition) is 2. The standard InChI is InChI=1S/C12H23NO3/c1-8-7-10(9(2)16-8)13-6-5-12(3,4)11(14)15/h8-10,13H,5-7H2,1-4H3,(H,14,15). The summed E-state index contributed by atoms with van der Waals surface area (Å²) in [6.07, 6.45) is 2.18. The zero-order valence-corrected chi connectivity index (χ0v) is 10.6. The van der Waals surface area contributed by atoms with Gasteiger partial charge in [-0.3, -0.25) is 4.79 Å². The highest BCUT2D eigenvalue weighted by Crippen LogP contribution is 2.22. The molecule has 1 aliphatic rings. The molecule has 2 N–H and O–H groups in total. The van der Waals surface area contributed by atoms with E-state index in [0.29, 0.717) is 18.6 Å². The van der Waals surface area contributed by atoms with Gasteiger partial charge < -0.3 is 15.2 Å². The predicted molar refractivity (Wildman–Crippen MR) is 62.5 cm³/mol. The fraction of sp³-hybridized carbons (Fsp3) is 0.917. The van der Waals surface area contributed by atoms with Crippen molar-refractivity contribution in [1.29, 1.82) is 0 Å². The second-order valence-electron chi connectivity index (χ2n) is 5.39. The Morgan fingerprint density at radius 3 is 2.56 bits per heavy atom. The Kier molecular flexibility index (Phi) is 4.33. The van der Waals surface area contributed by atoms with E-state index in [4.69, 9.17) is 9.84 Å². The van der Waals surface area contributed by atoms with E-state index in [1.807, 2.05) is 0 Å². The molecular weight excluding hydrogens is 206 g/mol. The zero-order chi connectivity index (χ0) is 12.3. The Morgan fingerprint density at radius 2 is 2.12 bits per heavy atom. The van der Waals surface area contributed by atoms with Crippen molar-refractivity contribution in [1.82, 2.24) is 5.32 Å². The van der Waals surface area contributed by atoms with Gasteiger partial charge in [-0.2, -0.15) is 0 Å². The van der Waals surface area contributed by atoms with Gasteiger partial charge in [-0.1, -0.05) is 0 Å². The maximum absolute atomic E-state index is 10.9. The predicted octanol–water partition coefficient (Wildman–Crippen LogP) is 1.64. The molecule has 0 aromatic rings. The van der Waals surface area contributed by atoms with Crippen molar-refractivity contribution in [2.45, 2.75) is 58.8 Å². The van der Waals surface area contributed by atoms with E-state index in [1.165, 1.54) is 0 Å². The van der Waals surface area contributed by atoms with Crippen LogP contribution in [0, 0.1) is 5.41 Å². The second kappa shape index (κ2) is 5.15. The van der Waals surface area contributed by atoms with Gasteiger partial charge in [0.2, 0.25) is 0 Å². The summed E-state index contributed by atoms with van der Waals surface area (Å²) in [4.78, 5) is 10.9. The summed E-state index contributed by atoms with van der Waals surface area (Å²) in [6.45, 7) is 8.37. The van der Waals surface area contributed by atoms with Crippen molar-refractivity contribution in [2.24, 2.45) is 5.41 Å². The summed E-state index contributed by atoms with van der Waals surface area (Å²) in [6, 6.07) is 0.361. The third kappa shape index (κ3) is 3.46. The maximum atomic E-state index is 10.9. The molecule has 0 bridgehead atoms. The van der Waals surface area contributed by atoms with Crippen LogP contribution in [0.4, 0.5) is 0 Å². The van der Waals surface area contributed by atoms with E-state index in [9.17, 15) is 4.79 Å². The largest absolute Gasteiger partial charge is 0.481 e. The molecule has 0 aliphatic carbocycles. The first-order chi connectivity index (χ1) is 7.33. The molecule has 0 amide bonds. The van der Waals surface area contributed by atoms with E-state index >= 15 is 0 Å². The van der Waals surface area contributed by atoms with Gasteiger partial charge in [-0.25, -0.2) is 0 Å². The van der Waals surface area contributed by atoms with Gasteiger partial charge in [0.25, 0.3) is 0 Å². The molecule has 0 aromatic heterocycles. The number of aliphatic carboxylic acids is 1. The van der Waals surface area contributed by atoms with Crippen molar-refractivity contribution in [3.8, 4) is 0 Å². The first-order valence-electron chi connectivity index (χ1n) is 5.95. The Hall–Kier alpha value is -0.610. The van der Waals surface area contributed by atoms with Crippen LogP contribution in [0.2, 0.25) is 0 Å². The molecule has 0 saturated carbocycles. The molecule has 1 aliphatic heterocycles. The molecule has 3 atom stereocenters. The number of rotatable bonds is 5. The average Bonchev–Trinajstić information content (AvgIpc) is 2.44. The van der Waals surface area contributed by atoms with Gasteiger partial charge >= 0.3 is 5.97 Å². The Labute approximate surface area is 97.4 Å². The minimum atomic E-state index is -0.738. The third-order valence-electron chi connectivity index (χ3n) is 3.33. The van der Waals surface area contributed by atoms with E-state index in [1.54, 1.807) is 13.8 Å². The van der Waals surface area contributed by atoms with Crippen LogP contribution >= 0.6 is 0 Å². The normalized spacial score (nSPS) is 30.6. The van der Waals surface area contributed by atoms with Gasteiger partial charge in [-0.15, -0.1) is 0 Å². The molecule has 1 saturated heterocycles. The van der Waals surface area contributed by atoms with Crippen LogP contribution in [0.25, 0.3) is 0 Å². The molecule has 0 radical (unpaired) electrons. The number of ether oxygens (including phenoxy) is 1. The van der Waals surface area contributed by atoms with Gasteiger partial charge in [0.15, 0.2) is 0 Å². The second-order valence-corrected chi connectivity index (χ2v) is 5.39. The number of nitrogens with one attached hydrogen (secondary N) is 1. The first kappa shape index (κ1) is 13.5. The molecule has 1 fully saturated rings. The van der Waals surface area contributed by atoms with Crippen molar-refractivity contribution < 1.29 is 14.6 Å². The van der Waals surface area contributed by atoms with Crippen LogP contribution in [0.15, 0.2) is 0 Å². The minimum Gasteiger partial charge on any atom is -0.481 e. The molecule has 4 nitrogen and oxygen atoms in total. The lowest BCUT2D eigenvalue weighted by Gasteiger charge is -2.21. The van der Waals surface area contributed by atoms with Gasteiger partial charge in [-0.05, 0) is 47.1 Å². The average molecular weight is 229 g/mol. The van der Waals surface area contributed by atoms with E-state index < -0.39 is 11.4 Å². The zero-order valence-electron chi connectivity index (χ0n) is 10.6. The van der Waals surface area contributed by atoms with Crippen LogP contribution in [0.5, 0.6) is 0 Å². The molecule has 0 spiro atoms.